The lowest BCUT2D eigenvalue weighted by molar-refractivity contribution is 0.451. The maximum atomic E-state index is 13.8. The molecule has 2 aromatic carbocycles. The van der Waals surface area contributed by atoms with Gasteiger partial charge >= 0.3 is 0 Å². The van der Waals surface area contributed by atoms with Crippen LogP contribution in [0.1, 0.15) is 31.0 Å². The fourth-order valence-corrected chi connectivity index (χ4v) is 3.08. The van der Waals surface area contributed by atoms with Gasteiger partial charge in [-0.15, -0.1) is 0 Å². The summed E-state index contributed by atoms with van der Waals surface area (Å²) in [7, 11) is 0. The molecule has 3 aromatic rings. The summed E-state index contributed by atoms with van der Waals surface area (Å²) in [5.41, 5.74) is 1.13. The van der Waals surface area contributed by atoms with E-state index in [0.29, 0.717) is 22.3 Å². The Morgan fingerprint density at radius 2 is 1.63 bits per heavy atom. The van der Waals surface area contributed by atoms with Crippen molar-refractivity contribution in [1.29, 1.82) is 0 Å². The minimum atomic E-state index is -0.616. The Balaban J connectivity index is 1.81. The van der Waals surface area contributed by atoms with E-state index in [-0.39, 0.29) is 17.5 Å². The quantitative estimate of drug-likeness (QED) is 0.376. The molecule has 0 aliphatic heterocycles. The van der Waals surface area contributed by atoms with Gasteiger partial charge in [-0.25, -0.2) is 18.2 Å². The second-order valence-corrected chi connectivity index (χ2v) is 7.09. The van der Waals surface area contributed by atoms with Crippen LogP contribution in [0.5, 0.6) is 11.6 Å². The third kappa shape index (κ3) is 5.23. The molecule has 27 heavy (non-hydrogen) atoms. The number of nitrogens with zero attached hydrogens (tertiary/aromatic N) is 2. The zero-order valence-corrected chi connectivity index (χ0v) is 15.6. The fraction of sp³-hybridized carbons (Fsp3) is 0.200. The summed E-state index contributed by atoms with van der Waals surface area (Å²) in [5.74, 6) is -0.424. The van der Waals surface area contributed by atoms with E-state index in [1.54, 1.807) is 6.07 Å². The van der Waals surface area contributed by atoms with Gasteiger partial charge in [0.05, 0.1) is 5.69 Å². The van der Waals surface area contributed by atoms with E-state index in [2.05, 4.69) is 9.97 Å². The molecule has 0 unspecified atom stereocenters. The molecule has 0 amide bonds. The molecule has 0 aliphatic rings. The molecule has 0 bridgehead atoms. The normalized spacial score (nSPS) is 11.0. The molecule has 7 heteroatoms. The van der Waals surface area contributed by atoms with Gasteiger partial charge in [-0.05, 0) is 41.8 Å². The zero-order chi connectivity index (χ0) is 19.4. The third-order valence-electron chi connectivity index (χ3n) is 3.70. The maximum absolute atomic E-state index is 13.8. The molecule has 0 saturated carbocycles. The van der Waals surface area contributed by atoms with Gasteiger partial charge in [0, 0.05) is 17.9 Å². The Hall–Kier alpha value is -2.54. The molecule has 3 rings (SSSR count). The van der Waals surface area contributed by atoms with Crippen molar-refractivity contribution < 1.29 is 17.9 Å². The first-order valence-electron chi connectivity index (χ1n) is 8.30. The van der Waals surface area contributed by atoms with E-state index in [1.165, 1.54) is 48.2 Å². The molecule has 3 nitrogen and oxygen atoms in total. The van der Waals surface area contributed by atoms with Crippen LogP contribution in [0.3, 0.4) is 0 Å². The topological polar surface area (TPSA) is 35.0 Å². The van der Waals surface area contributed by atoms with Crippen molar-refractivity contribution in [1.82, 2.24) is 9.97 Å². The summed E-state index contributed by atoms with van der Waals surface area (Å²) in [6, 6.07) is 10.8. The lowest BCUT2D eigenvalue weighted by atomic mass is 10.1. The Bertz CT molecular complexity index is 933. The first kappa shape index (κ1) is 19.2. The van der Waals surface area contributed by atoms with Crippen molar-refractivity contribution in [2.75, 3.05) is 0 Å². The number of rotatable bonds is 6. The predicted octanol–water partition coefficient (Wildman–Crippen LogP) is 6.10. The van der Waals surface area contributed by atoms with Crippen LogP contribution < -0.4 is 4.74 Å². The average molecular weight is 390 g/mol. The molecule has 140 valence electrons. The fourth-order valence-electron chi connectivity index (χ4n) is 2.24. The smallest absolute Gasteiger partial charge is 0.223 e. The number of hydrogen-bond donors (Lipinski definition) is 0. The van der Waals surface area contributed by atoms with Gasteiger partial charge in [0.2, 0.25) is 5.88 Å². The van der Waals surface area contributed by atoms with E-state index >= 15 is 0 Å². The van der Waals surface area contributed by atoms with Gasteiger partial charge in [-0.1, -0.05) is 31.7 Å². The molecular formula is C20H17F3N2OS. The Morgan fingerprint density at radius 3 is 2.30 bits per heavy atom. The van der Waals surface area contributed by atoms with Crippen molar-refractivity contribution in [3.05, 3.63) is 77.2 Å². The highest BCUT2D eigenvalue weighted by molar-refractivity contribution is 7.98. The predicted molar refractivity (Wildman–Crippen MR) is 98.5 cm³/mol. The minimum absolute atomic E-state index is 0.130. The Kier molecular flexibility index (Phi) is 6.01. The number of benzene rings is 2. The number of aromatic nitrogens is 2. The molecule has 0 aliphatic carbocycles. The lowest BCUT2D eigenvalue weighted by Crippen LogP contribution is -2.00. The SMILES string of the molecule is CC(C)c1cc(Oc2ccc(F)cc2)nc(SCc2ccc(F)cc2F)n1. The van der Waals surface area contributed by atoms with Gasteiger partial charge < -0.3 is 4.74 Å². The zero-order valence-electron chi connectivity index (χ0n) is 14.7. The number of halogens is 3. The van der Waals surface area contributed by atoms with Crippen LogP contribution in [-0.2, 0) is 5.75 Å². The van der Waals surface area contributed by atoms with Crippen LogP contribution in [0.25, 0.3) is 0 Å². The first-order valence-corrected chi connectivity index (χ1v) is 9.28. The molecule has 0 spiro atoms. The second-order valence-electron chi connectivity index (χ2n) is 6.15. The minimum Gasteiger partial charge on any atom is -0.439 e. The summed E-state index contributed by atoms with van der Waals surface area (Å²) in [4.78, 5) is 8.80. The van der Waals surface area contributed by atoms with Crippen molar-refractivity contribution >= 4 is 11.8 Å². The van der Waals surface area contributed by atoms with E-state index in [0.717, 1.165) is 11.8 Å². The van der Waals surface area contributed by atoms with Crippen molar-refractivity contribution in [3.63, 3.8) is 0 Å². The summed E-state index contributed by atoms with van der Waals surface area (Å²) >= 11 is 1.23. The summed E-state index contributed by atoms with van der Waals surface area (Å²) in [6.45, 7) is 3.97. The Morgan fingerprint density at radius 1 is 0.926 bits per heavy atom. The molecular weight excluding hydrogens is 373 g/mol. The van der Waals surface area contributed by atoms with Gasteiger partial charge in [0.25, 0.3) is 0 Å². The van der Waals surface area contributed by atoms with Crippen molar-refractivity contribution in [2.45, 2.75) is 30.7 Å². The number of thioether (sulfide) groups is 1. The number of ether oxygens (including phenoxy) is 1. The summed E-state index contributed by atoms with van der Waals surface area (Å²) in [6.07, 6.45) is 0. The molecule has 0 atom stereocenters. The maximum Gasteiger partial charge on any atom is 0.223 e. The first-order chi connectivity index (χ1) is 12.9. The average Bonchev–Trinajstić information content (AvgIpc) is 2.63. The van der Waals surface area contributed by atoms with Crippen LogP contribution in [0.4, 0.5) is 13.2 Å². The third-order valence-corrected chi connectivity index (χ3v) is 4.60. The molecule has 0 fully saturated rings. The van der Waals surface area contributed by atoms with Crippen LogP contribution >= 0.6 is 11.8 Å². The molecule has 0 N–H and O–H groups in total. The molecule has 0 radical (unpaired) electrons. The van der Waals surface area contributed by atoms with E-state index in [9.17, 15) is 13.2 Å². The molecule has 1 aromatic heterocycles. The van der Waals surface area contributed by atoms with E-state index < -0.39 is 11.6 Å². The molecule has 0 saturated heterocycles. The monoisotopic (exact) mass is 390 g/mol. The highest BCUT2D eigenvalue weighted by Crippen LogP contribution is 2.28. The van der Waals surface area contributed by atoms with Crippen LogP contribution in [0, 0.1) is 17.5 Å². The van der Waals surface area contributed by atoms with Gasteiger partial charge in [-0.3, -0.25) is 0 Å². The number of hydrogen-bond acceptors (Lipinski definition) is 4. The van der Waals surface area contributed by atoms with Gasteiger partial charge in [-0.2, -0.15) is 4.98 Å². The van der Waals surface area contributed by atoms with Crippen molar-refractivity contribution in [3.8, 4) is 11.6 Å². The largest absolute Gasteiger partial charge is 0.439 e. The van der Waals surface area contributed by atoms with Gasteiger partial charge in [0.1, 0.15) is 23.2 Å². The van der Waals surface area contributed by atoms with Crippen LogP contribution in [0.15, 0.2) is 53.7 Å². The summed E-state index contributed by atoms with van der Waals surface area (Å²) in [5, 5.41) is 0.419. The lowest BCUT2D eigenvalue weighted by Gasteiger charge is -2.11. The van der Waals surface area contributed by atoms with Crippen LogP contribution in [-0.4, -0.2) is 9.97 Å². The van der Waals surface area contributed by atoms with E-state index in [1.807, 2.05) is 13.8 Å². The van der Waals surface area contributed by atoms with Crippen LogP contribution in [0.2, 0.25) is 0 Å². The highest BCUT2D eigenvalue weighted by atomic mass is 32.2. The highest BCUT2D eigenvalue weighted by Gasteiger charge is 2.12. The summed E-state index contributed by atoms with van der Waals surface area (Å²) < 4.78 is 45.6. The van der Waals surface area contributed by atoms with E-state index in [4.69, 9.17) is 4.74 Å². The second kappa shape index (κ2) is 8.43. The van der Waals surface area contributed by atoms with Crippen molar-refractivity contribution in [2.24, 2.45) is 0 Å². The molecule has 1 heterocycles. The standard InChI is InChI=1S/C20H17F3N2OS/c1-12(2)18-10-19(26-16-7-5-14(21)6-8-16)25-20(24-18)27-11-13-3-4-15(22)9-17(13)23/h3-10,12H,11H2,1-2H3. The Labute approximate surface area is 159 Å². The van der Waals surface area contributed by atoms with Gasteiger partial charge in [0.15, 0.2) is 5.16 Å².